The van der Waals surface area contributed by atoms with E-state index in [1.807, 2.05) is 0 Å². The van der Waals surface area contributed by atoms with Crippen molar-refractivity contribution in [2.24, 2.45) is 5.92 Å². The van der Waals surface area contributed by atoms with Gasteiger partial charge in [-0.3, -0.25) is 9.59 Å². The van der Waals surface area contributed by atoms with Crippen LogP contribution < -0.4 is 0 Å². The molecule has 0 aliphatic carbocycles. The number of nitrogens with zero attached hydrogens (tertiary/aromatic N) is 1. The van der Waals surface area contributed by atoms with Crippen LogP contribution >= 0.6 is 0 Å². The summed E-state index contributed by atoms with van der Waals surface area (Å²) in [4.78, 5) is 25.0. The number of likely N-dealkylation sites (tertiary alicyclic amines) is 1. The van der Waals surface area contributed by atoms with Crippen LogP contribution in [0.5, 0.6) is 11.5 Å². The molecule has 0 bridgehead atoms. The first-order valence-corrected chi connectivity index (χ1v) is 5.92. The maximum absolute atomic E-state index is 12.2. The van der Waals surface area contributed by atoms with E-state index in [0.717, 1.165) is 0 Å². The number of hydrogen-bond donors (Lipinski definition) is 2. The van der Waals surface area contributed by atoms with E-state index in [1.165, 1.54) is 30.2 Å². The maximum atomic E-state index is 12.2. The zero-order valence-corrected chi connectivity index (χ0v) is 10.5. The van der Waals surface area contributed by atoms with Crippen molar-refractivity contribution in [1.82, 2.24) is 4.90 Å². The van der Waals surface area contributed by atoms with Gasteiger partial charge in [0, 0.05) is 13.1 Å². The van der Waals surface area contributed by atoms with Crippen molar-refractivity contribution in [3.05, 3.63) is 23.8 Å². The van der Waals surface area contributed by atoms with Crippen LogP contribution in [0.4, 0.5) is 0 Å². The van der Waals surface area contributed by atoms with E-state index in [0.29, 0.717) is 13.0 Å². The van der Waals surface area contributed by atoms with Crippen molar-refractivity contribution in [3.8, 4) is 11.5 Å². The van der Waals surface area contributed by atoms with Gasteiger partial charge in [-0.05, 0) is 24.6 Å². The molecule has 0 aromatic heterocycles. The average molecular weight is 265 g/mol. The average Bonchev–Trinajstić information content (AvgIpc) is 2.89. The molecular formula is C13H15NO5. The number of phenolic OH excluding ortho intramolecular Hbond substituents is 2. The van der Waals surface area contributed by atoms with E-state index in [4.69, 9.17) is 0 Å². The highest BCUT2D eigenvalue weighted by Gasteiger charge is 2.32. The first-order chi connectivity index (χ1) is 9.02. The number of rotatable bonds is 2. The first kappa shape index (κ1) is 13.2. The predicted octanol–water partition coefficient (Wildman–Crippen LogP) is 0.733. The molecule has 0 spiro atoms. The molecule has 0 radical (unpaired) electrons. The summed E-state index contributed by atoms with van der Waals surface area (Å²) in [6, 6.07) is 3.77. The molecule has 1 aliphatic rings. The Bertz CT molecular complexity index is 514. The number of methoxy groups -OCH3 is 1. The molecular weight excluding hydrogens is 250 g/mol. The van der Waals surface area contributed by atoms with Crippen LogP contribution in [-0.4, -0.2) is 47.2 Å². The molecule has 1 aliphatic heterocycles. The van der Waals surface area contributed by atoms with Crippen LogP contribution in [-0.2, 0) is 9.53 Å². The lowest BCUT2D eigenvalue weighted by Crippen LogP contribution is -2.30. The number of aromatic hydroxyl groups is 2. The van der Waals surface area contributed by atoms with Crippen LogP contribution in [0, 0.1) is 5.92 Å². The lowest BCUT2D eigenvalue weighted by molar-refractivity contribution is -0.144. The molecule has 1 atom stereocenters. The van der Waals surface area contributed by atoms with Crippen LogP contribution in [0.3, 0.4) is 0 Å². The molecule has 1 fully saturated rings. The smallest absolute Gasteiger partial charge is 0.310 e. The normalized spacial score (nSPS) is 18.4. The molecule has 6 heteroatoms. The Kier molecular flexibility index (Phi) is 3.59. The van der Waals surface area contributed by atoms with Gasteiger partial charge in [0.15, 0.2) is 0 Å². The summed E-state index contributed by atoms with van der Waals surface area (Å²) in [5.41, 5.74) is 0.0329. The second kappa shape index (κ2) is 5.17. The number of benzene rings is 1. The molecule has 19 heavy (non-hydrogen) atoms. The zero-order chi connectivity index (χ0) is 14.0. The van der Waals surface area contributed by atoms with Gasteiger partial charge in [-0.2, -0.15) is 0 Å². The van der Waals surface area contributed by atoms with Crippen molar-refractivity contribution in [3.63, 3.8) is 0 Å². The lowest BCUT2D eigenvalue weighted by atomic mass is 10.1. The molecule has 1 amide bonds. The Balaban J connectivity index is 2.13. The van der Waals surface area contributed by atoms with Crippen molar-refractivity contribution in [2.45, 2.75) is 6.42 Å². The van der Waals surface area contributed by atoms with Crippen molar-refractivity contribution in [2.75, 3.05) is 20.2 Å². The summed E-state index contributed by atoms with van der Waals surface area (Å²) in [5.74, 6) is -1.35. The fraction of sp³-hybridized carbons (Fsp3) is 0.385. The summed E-state index contributed by atoms with van der Waals surface area (Å²) < 4.78 is 4.64. The molecule has 102 valence electrons. The molecule has 2 N–H and O–H groups in total. The Hall–Kier alpha value is -2.24. The molecule has 1 unspecified atom stereocenters. The highest BCUT2D eigenvalue weighted by atomic mass is 16.5. The van der Waals surface area contributed by atoms with Gasteiger partial charge in [-0.15, -0.1) is 0 Å². The molecule has 6 nitrogen and oxygen atoms in total. The minimum atomic E-state index is -0.403. The van der Waals surface area contributed by atoms with Gasteiger partial charge in [0.25, 0.3) is 5.91 Å². The number of amides is 1. The minimum Gasteiger partial charge on any atom is -0.508 e. The quantitative estimate of drug-likeness (QED) is 0.608. The van der Waals surface area contributed by atoms with Gasteiger partial charge in [-0.25, -0.2) is 0 Å². The Morgan fingerprint density at radius 1 is 1.37 bits per heavy atom. The minimum absolute atomic E-state index is 0.0329. The number of hydrogen-bond acceptors (Lipinski definition) is 5. The molecule has 1 aromatic carbocycles. The fourth-order valence-electron chi connectivity index (χ4n) is 2.17. The predicted molar refractivity (Wildman–Crippen MR) is 65.8 cm³/mol. The number of carbonyl (C=O) groups is 2. The van der Waals surface area contributed by atoms with Gasteiger partial charge in [0.2, 0.25) is 0 Å². The van der Waals surface area contributed by atoms with Crippen LogP contribution in [0.1, 0.15) is 16.8 Å². The summed E-state index contributed by atoms with van der Waals surface area (Å²) in [6.45, 7) is 0.689. The van der Waals surface area contributed by atoms with E-state index in [-0.39, 0.29) is 35.5 Å². The largest absolute Gasteiger partial charge is 0.508 e. The maximum Gasteiger partial charge on any atom is 0.310 e. The van der Waals surface area contributed by atoms with Crippen LogP contribution in [0.15, 0.2) is 18.2 Å². The van der Waals surface area contributed by atoms with Crippen molar-refractivity contribution < 1.29 is 24.5 Å². The summed E-state index contributed by atoms with van der Waals surface area (Å²) in [7, 11) is 1.31. The van der Waals surface area contributed by atoms with E-state index < -0.39 is 5.91 Å². The van der Waals surface area contributed by atoms with Gasteiger partial charge in [0.05, 0.1) is 18.6 Å². The zero-order valence-electron chi connectivity index (χ0n) is 10.5. The van der Waals surface area contributed by atoms with Crippen molar-refractivity contribution >= 4 is 11.9 Å². The Labute approximate surface area is 110 Å². The van der Waals surface area contributed by atoms with Gasteiger partial charge in [0.1, 0.15) is 11.5 Å². The number of esters is 1. The molecule has 1 aromatic rings. The fourth-order valence-corrected chi connectivity index (χ4v) is 2.17. The topological polar surface area (TPSA) is 87.1 Å². The number of carbonyl (C=O) groups excluding carboxylic acids is 2. The van der Waals surface area contributed by atoms with Gasteiger partial charge >= 0.3 is 5.97 Å². The highest BCUT2D eigenvalue weighted by Crippen LogP contribution is 2.26. The third kappa shape index (κ3) is 2.62. The van der Waals surface area contributed by atoms with E-state index >= 15 is 0 Å². The van der Waals surface area contributed by atoms with Gasteiger partial charge < -0.3 is 19.8 Å². The van der Waals surface area contributed by atoms with E-state index in [9.17, 15) is 19.8 Å². The van der Waals surface area contributed by atoms with E-state index in [2.05, 4.69) is 4.74 Å². The SMILES string of the molecule is COC(=O)C1CCN(C(=O)c2cc(O)ccc2O)C1. The van der Waals surface area contributed by atoms with Gasteiger partial charge in [-0.1, -0.05) is 0 Å². The Morgan fingerprint density at radius 2 is 2.11 bits per heavy atom. The van der Waals surface area contributed by atoms with Crippen LogP contribution in [0.25, 0.3) is 0 Å². The summed E-state index contributed by atoms with van der Waals surface area (Å²) in [6.07, 6.45) is 0.540. The van der Waals surface area contributed by atoms with Crippen molar-refractivity contribution in [1.29, 1.82) is 0 Å². The number of phenols is 2. The monoisotopic (exact) mass is 265 g/mol. The highest BCUT2D eigenvalue weighted by molar-refractivity contribution is 5.97. The second-order valence-electron chi connectivity index (χ2n) is 4.46. The standard InChI is InChI=1S/C13H15NO5/c1-19-13(18)8-4-5-14(7-8)12(17)10-6-9(15)2-3-11(10)16/h2-3,6,8,15-16H,4-5,7H2,1H3. The van der Waals surface area contributed by atoms with E-state index in [1.54, 1.807) is 0 Å². The summed E-state index contributed by atoms with van der Waals surface area (Å²) in [5, 5.41) is 19.0. The summed E-state index contributed by atoms with van der Waals surface area (Å²) >= 11 is 0. The Morgan fingerprint density at radius 3 is 2.79 bits per heavy atom. The number of ether oxygens (including phenoxy) is 1. The molecule has 1 heterocycles. The second-order valence-corrected chi connectivity index (χ2v) is 4.46. The first-order valence-electron chi connectivity index (χ1n) is 5.92. The molecule has 0 saturated carbocycles. The molecule has 1 saturated heterocycles. The lowest BCUT2D eigenvalue weighted by Gasteiger charge is -2.16. The third-order valence-corrected chi connectivity index (χ3v) is 3.22. The molecule has 2 rings (SSSR count). The van der Waals surface area contributed by atoms with Crippen LogP contribution in [0.2, 0.25) is 0 Å². The third-order valence-electron chi connectivity index (χ3n) is 3.22.